The highest BCUT2D eigenvalue weighted by atomic mass is 35.5. The maximum absolute atomic E-state index is 6.45. The predicted octanol–water partition coefficient (Wildman–Crippen LogP) is 5.07. The average molecular weight is 274 g/mol. The summed E-state index contributed by atoms with van der Waals surface area (Å²) >= 11 is 6.26. The zero-order chi connectivity index (χ0) is 13.2. The minimum absolute atomic E-state index is 0.130. The molecule has 0 aliphatic heterocycles. The summed E-state index contributed by atoms with van der Waals surface area (Å²) in [6.07, 6.45) is 6.54. The summed E-state index contributed by atoms with van der Waals surface area (Å²) in [5.41, 5.74) is 7.69. The lowest BCUT2D eigenvalue weighted by molar-refractivity contribution is 0.452. The van der Waals surface area contributed by atoms with Gasteiger partial charge in [0, 0.05) is 16.5 Å². The van der Waals surface area contributed by atoms with Gasteiger partial charge >= 0.3 is 0 Å². The van der Waals surface area contributed by atoms with Crippen LogP contribution in [0.3, 0.4) is 0 Å². The maximum Gasteiger partial charge on any atom is 0.0484 e. The molecule has 1 aliphatic carbocycles. The van der Waals surface area contributed by atoms with Crippen molar-refractivity contribution in [1.29, 1.82) is 0 Å². The number of benzene rings is 2. The first-order valence-corrected chi connectivity index (χ1v) is 7.56. The van der Waals surface area contributed by atoms with Gasteiger partial charge in [-0.25, -0.2) is 0 Å². The van der Waals surface area contributed by atoms with E-state index < -0.39 is 0 Å². The van der Waals surface area contributed by atoms with E-state index in [9.17, 15) is 0 Å². The van der Waals surface area contributed by atoms with Gasteiger partial charge in [-0.1, -0.05) is 67.6 Å². The van der Waals surface area contributed by atoms with E-state index in [1.807, 2.05) is 12.1 Å². The first-order chi connectivity index (χ1) is 9.25. The molecule has 1 nitrogen and oxygen atoms in total. The molecule has 19 heavy (non-hydrogen) atoms. The standard InChI is InChI=1S/C17H20ClN/c18-16-10-9-15(13-7-3-4-8-14(13)16)17(19)11-12-5-1-2-6-12/h3-4,7-10,12,17H,1-2,5-6,11,19H2. The Morgan fingerprint density at radius 2 is 1.74 bits per heavy atom. The lowest BCUT2D eigenvalue weighted by atomic mass is 9.91. The van der Waals surface area contributed by atoms with Crippen LogP contribution in [-0.2, 0) is 0 Å². The lowest BCUT2D eigenvalue weighted by Gasteiger charge is -2.19. The maximum atomic E-state index is 6.45. The van der Waals surface area contributed by atoms with Crippen molar-refractivity contribution in [1.82, 2.24) is 0 Å². The van der Waals surface area contributed by atoms with E-state index in [-0.39, 0.29) is 6.04 Å². The molecule has 1 aliphatic rings. The lowest BCUT2D eigenvalue weighted by Crippen LogP contribution is -2.14. The minimum atomic E-state index is 0.130. The van der Waals surface area contributed by atoms with Crippen molar-refractivity contribution in [2.75, 3.05) is 0 Å². The minimum Gasteiger partial charge on any atom is -0.324 e. The summed E-state index contributed by atoms with van der Waals surface area (Å²) in [5.74, 6) is 0.810. The summed E-state index contributed by atoms with van der Waals surface area (Å²) in [5, 5.41) is 3.14. The highest BCUT2D eigenvalue weighted by Gasteiger charge is 2.20. The van der Waals surface area contributed by atoms with E-state index in [0.29, 0.717) is 0 Å². The fourth-order valence-corrected chi connectivity index (χ4v) is 3.57. The Bertz CT molecular complexity index is 572. The second kappa shape index (κ2) is 5.52. The highest BCUT2D eigenvalue weighted by Crippen LogP contribution is 2.35. The SMILES string of the molecule is NC(CC1CCCC1)c1ccc(Cl)c2ccccc12. The Kier molecular flexibility index (Phi) is 3.76. The normalized spacial score (nSPS) is 18.0. The van der Waals surface area contributed by atoms with Crippen LogP contribution in [0.4, 0.5) is 0 Å². The molecule has 1 fully saturated rings. The van der Waals surface area contributed by atoms with Crippen molar-refractivity contribution >= 4 is 22.4 Å². The molecule has 1 saturated carbocycles. The molecular weight excluding hydrogens is 254 g/mol. The molecule has 0 heterocycles. The number of rotatable bonds is 3. The van der Waals surface area contributed by atoms with Crippen LogP contribution >= 0.6 is 11.6 Å². The van der Waals surface area contributed by atoms with Gasteiger partial charge in [0.15, 0.2) is 0 Å². The number of hydrogen-bond donors (Lipinski definition) is 1. The largest absolute Gasteiger partial charge is 0.324 e. The molecule has 2 N–H and O–H groups in total. The molecule has 0 amide bonds. The molecule has 0 spiro atoms. The number of nitrogens with two attached hydrogens (primary N) is 1. The fourth-order valence-electron chi connectivity index (χ4n) is 3.34. The third kappa shape index (κ3) is 2.63. The topological polar surface area (TPSA) is 26.0 Å². The Balaban J connectivity index is 1.93. The molecule has 3 rings (SSSR count). The Morgan fingerprint density at radius 1 is 1.05 bits per heavy atom. The first-order valence-electron chi connectivity index (χ1n) is 7.18. The Hall–Kier alpha value is -1.05. The quantitative estimate of drug-likeness (QED) is 0.830. The summed E-state index contributed by atoms with van der Waals surface area (Å²) in [6, 6.07) is 12.5. The third-order valence-electron chi connectivity index (χ3n) is 4.37. The highest BCUT2D eigenvalue weighted by molar-refractivity contribution is 6.35. The second-order valence-corrected chi connectivity index (χ2v) is 6.08. The van der Waals surface area contributed by atoms with Crippen molar-refractivity contribution in [3.63, 3.8) is 0 Å². The fraction of sp³-hybridized carbons (Fsp3) is 0.412. The van der Waals surface area contributed by atoms with Crippen LogP contribution in [0.25, 0.3) is 10.8 Å². The number of hydrogen-bond acceptors (Lipinski definition) is 1. The summed E-state index contributed by atoms with van der Waals surface area (Å²) in [7, 11) is 0. The van der Waals surface area contributed by atoms with Crippen LogP contribution in [0.15, 0.2) is 36.4 Å². The van der Waals surface area contributed by atoms with Crippen molar-refractivity contribution < 1.29 is 0 Å². The van der Waals surface area contributed by atoms with Crippen LogP contribution in [0.2, 0.25) is 5.02 Å². The molecule has 2 aromatic rings. The van der Waals surface area contributed by atoms with Gasteiger partial charge in [0.1, 0.15) is 0 Å². The van der Waals surface area contributed by atoms with Gasteiger partial charge in [-0.3, -0.25) is 0 Å². The summed E-state index contributed by atoms with van der Waals surface area (Å²) in [4.78, 5) is 0. The van der Waals surface area contributed by atoms with Crippen molar-refractivity contribution in [2.24, 2.45) is 11.7 Å². The van der Waals surface area contributed by atoms with E-state index in [1.165, 1.54) is 36.6 Å². The monoisotopic (exact) mass is 273 g/mol. The molecule has 1 unspecified atom stereocenters. The van der Waals surface area contributed by atoms with Crippen molar-refractivity contribution in [2.45, 2.75) is 38.1 Å². The van der Waals surface area contributed by atoms with Crippen LogP contribution in [-0.4, -0.2) is 0 Å². The molecule has 0 aromatic heterocycles. The van der Waals surface area contributed by atoms with Crippen LogP contribution in [0, 0.1) is 5.92 Å². The molecule has 0 saturated heterocycles. The van der Waals surface area contributed by atoms with Crippen LogP contribution < -0.4 is 5.73 Å². The molecular formula is C17H20ClN. The number of fused-ring (bicyclic) bond motifs is 1. The smallest absolute Gasteiger partial charge is 0.0484 e. The van der Waals surface area contributed by atoms with Gasteiger partial charge in [-0.15, -0.1) is 0 Å². The number of halogens is 1. The molecule has 1 atom stereocenters. The summed E-state index contributed by atoms with van der Waals surface area (Å²) in [6.45, 7) is 0. The van der Waals surface area contributed by atoms with Gasteiger partial charge < -0.3 is 5.73 Å². The molecule has 2 heteroatoms. The Morgan fingerprint density at radius 3 is 2.47 bits per heavy atom. The second-order valence-electron chi connectivity index (χ2n) is 5.67. The van der Waals surface area contributed by atoms with E-state index in [4.69, 9.17) is 17.3 Å². The van der Waals surface area contributed by atoms with Gasteiger partial charge in [0.2, 0.25) is 0 Å². The van der Waals surface area contributed by atoms with Gasteiger partial charge in [0.05, 0.1) is 0 Å². The van der Waals surface area contributed by atoms with Gasteiger partial charge in [0.25, 0.3) is 0 Å². The molecule has 0 bridgehead atoms. The van der Waals surface area contributed by atoms with Gasteiger partial charge in [-0.05, 0) is 29.4 Å². The summed E-state index contributed by atoms with van der Waals surface area (Å²) < 4.78 is 0. The first kappa shape index (κ1) is 13.0. The Labute approximate surface area is 119 Å². The predicted molar refractivity (Wildman–Crippen MR) is 82.5 cm³/mol. The van der Waals surface area contributed by atoms with E-state index in [0.717, 1.165) is 22.7 Å². The van der Waals surface area contributed by atoms with Crippen molar-refractivity contribution in [3.05, 3.63) is 47.0 Å². The van der Waals surface area contributed by atoms with Crippen LogP contribution in [0.5, 0.6) is 0 Å². The van der Waals surface area contributed by atoms with Crippen LogP contribution in [0.1, 0.15) is 43.7 Å². The zero-order valence-corrected chi connectivity index (χ0v) is 11.9. The average Bonchev–Trinajstić information content (AvgIpc) is 2.92. The zero-order valence-electron chi connectivity index (χ0n) is 11.1. The van der Waals surface area contributed by atoms with E-state index >= 15 is 0 Å². The van der Waals surface area contributed by atoms with E-state index in [2.05, 4.69) is 24.3 Å². The third-order valence-corrected chi connectivity index (χ3v) is 4.70. The van der Waals surface area contributed by atoms with E-state index in [1.54, 1.807) is 0 Å². The molecule has 100 valence electrons. The van der Waals surface area contributed by atoms with Gasteiger partial charge in [-0.2, -0.15) is 0 Å². The molecule has 2 aromatic carbocycles. The van der Waals surface area contributed by atoms with Crippen molar-refractivity contribution in [3.8, 4) is 0 Å². The molecule has 0 radical (unpaired) electrons.